The first-order valence-electron chi connectivity index (χ1n) is 9.16. The Hall–Kier alpha value is -3.38. The van der Waals surface area contributed by atoms with Crippen molar-refractivity contribution in [2.24, 2.45) is 0 Å². The van der Waals surface area contributed by atoms with Gasteiger partial charge in [-0.3, -0.25) is 9.59 Å². The smallest absolute Gasteiger partial charge is 0.316 e. The summed E-state index contributed by atoms with van der Waals surface area (Å²) in [4.78, 5) is 25.6. The van der Waals surface area contributed by atoms with Gasteiger partial charge in [0, 0.05) is 10.9 Å². The van der Waals surface area contributed by atoms with Gasteiger partial charge in [0.1, 0.15) is 17.2 Å². The quantitative estimate of drug-likeness (QED) is 0.331. The lowest BCUT2D eigenvalue weighted by molar-refractivity contribution is -0.133. The molecule has 0 radical (unpaired) electrons. The summed E-state index contributed by atoms with van der Waals surface area (Å²) >= 11 is 1.50. The predicted octanol–water partition coefficient (Wildman–Crippen LogP) is 4.91. The largest absolute Gasteiger partial charge is 0.494 e. The molecule has 29 heavy (non-hydrogen) atoms. The number of carbonyl (C=O) groups is 2. The molecule has 0 fully saturated rings. The van der Waals surface area contributed by atoms with Crippen molar-refractivity contribution >= 4 is 29.2 Å². The number of thiophene rings is 1. The normalized spacial score (nSPS) is 13.8. The minimum Gasteiger partial charge on any atom is -0.494 e. The molecule has 4 rings (SSSR count). The minimum atomic E-state index is -0.359. The Morgan fingerprint density at radius 3 is 2.62 bits per heavy atom. The highest BCUT2D eigenvalue weighted by Gasteiger charge is 2.28. The monoisotopic (exact) mass is 406 g/mol. The van der Waals surface area contributed by atoms with Crippen LogP contribution in [0.15, 0.2) is 65.7 Å². The molecule has 146 valence electrons. The number of esters is 1. The zero-order valence-electron chi connectivity index (χ0n) is 15.7. The molecule has 0 atom stereocenters. The number of fused-ring (bicyclic) bond motifs is 1. The van der Waals surface area contributed by atoms with Gasteiger partial charge in [-0.05, 0) is 54.3 Å². The van der Waals surface area contributed by atoms with E-state index >= 15 is 0 Å². The number of rotatable bonds is 6. The van der Waals surface area contributed by atoms with Gasteiger partial charge in [0.05, 0.1) is 18.6 Å². The van der Waals surface area contributed by atoms with Crippen LogP contribution in [-0.2, 0) is 11.2 Å². The molecular weight excluding hydrogens is 388 g/mol. The van der Waals surface area contributed by atoms with Gasteiger partial charge in [-0.15, -0.1) is 11.3 Å². The van der Waals surface area contributed by atoms with Crippen LogP contribution in [0.25, 0.3) is 6.08 Å². The molecule has 0 aliphatic carbocycles. The van der Waals surface area contributed by atoms with E-state index < -0.39 is 0 Å². The van der Waals surface area contributed by atoms with Crippen LogP contribution in [0.3, 0.4) is 0 Å². The lowest BCUT2D eigenvalue weighted by atomic mass is 10.1. The predicted molar refractivity (Wildman–Crippen MR) is 111 cm³/mol. The number of benzene rings is 2. The molecule has 5 nitrogen and oxygen atoms in total. The fourth-order valence-corrected chi connectivity index (χ4v) is 3.62. The third-order valence-electron chi connectivity index (χ3n) is 4.26. The summed E-state index contributed by atoms with van der Waals surface area (Å²) in [7, 11) is 0. The lowest BCUT2D eigenvalue weighted by Gasteiger charge is -2.05. The number of ether oxygens (including phenoxy) is 3. The summed E-state index contributed by atoms with van der Waals surface area (Å²) < 4.78 is 16.5. The van der Waals surface area contributed by atoms with Crippen molar-refractivity contribution < 1.29 is 23.8 Å². The van der Waals surface area contributed by atoms with Gasteiger partial charge in [-0.2, -0.15) is 0 Å². The first kappa shape index (κ1) is 19.0. The van der Waals surface area contributed by atoms with Gasteiger partial charge in [0.25, 0.3) is 0 Å². The van der Waals surface area contributed by atoms with Gasteiger partial charge in [0.15, 0.2) is 5.76 Å². The molecule has 2 heterocycles. The van der Waals surface area contributed by atoms with Crippen molar-refractivity contribution in [1.29, 1.82) is 0 Å². The highest BCUT2D eigenvalue weighted by atomic mass is 32.1. The van der Waals surface area contributed by atoms with E-state index in [4.69, 9.17) is 14.2 Å². The van der Waals surface area contributed by atoms with E-state index in [0.717, 1.165) is 16.2 Å². The minimum absolute atomic E-state index is 0.203. The average Bonchev–Trinajstić information content (AvgIpc) is 3.32. The van der Waals surface area contributed by atoms with E-state index in [2.05, 4.69) is 0 Å². The van der Waals surface area contributed by atoms with Crippen LogP contribution in [0.2, 0.25) is 0 Å². The molecule has 0 saturated carbocycles. The summed E-state index contributed by atoms with van der Waals surface area (Å²) in [6.07, 6.45) is 1.89. The molecule has 3 aromatic rings. The average molecular weight is 406 g/mol. The Bertz CT molecular complexity index is 1070. The molecule has 1 aliphatic heterocycles. The van der Waals surface area contributed by atoms with E-state index in [9.17, 15) is 9.59 Å². The first-order valence-corrected chi connectivity index (χ1v) is 10.0. The van der Waals surface area contributed by atoms with E-state index in [1.165, 1.54) is 11.3 Å². The Balaban J connectivity index is 1.47. The topological polar surface area (TPSA) is 61.8 Å². The van der Waals surface area contributed by atoms with Gasteiger partial charge in [-0.25, -0.2) is 0 Å². The highest BCUT2D eigenvalue weighted by molar-refractivity contribution is 7.10. The van der Waals surface area contributed by atoms with Crippen LogP contribution in [0.5, 0.6) is 17.2 Å². The maximum atomic E-state index is 12.6. The molecule has 0 saturated heterocycles. The van der Waals surface area contributed by atoms with E-state index in [1.807, 2.05) is 48.7 Å². The third-order valence-corrected chi connectivity index (χ3v) is 5.14. The Kier molecular flexibility index (Phi) is 5.44. The van der Waals surface area contributed by atoms with Crippen LogP contribution in [0, 0.1) is 0 Å². The summed E-state index contributed by atoms with van der Waals surface area (Å²) in [5.41, 5.74) is 1.27. The zero-order valence-corrected chi connectivity index (χ0v) is 16.5. The zero-order chi connectivity index (χ0) is 20.2. The maximum absolute atomic E-state index is 12.6. The Morgan fingerprint density at radius 1 is 1.10 bits per heavy atom. The summed E-state index contributed by atoms with van der Waals surface area (Å²) in [5.74, 6) is 1.16. The molecular formula is C23H18O5S. The van der Waals surface area contributed by atoms with Crippen LogP contribution in [0.4, 0.5) is 0 Å². The maximum Gasteiger partial charge on any atom is 0.316 e. The van der Waals surface area contributed by atoms with Crippen LogP contribution < -0.4 is 14.2 Å². The van der Waals surface area contributed by atoms with Gasteiger partial charge >= 0.3 is 5.97 Å². The molecule has 0 bridgehead atoms. The second kappa shape index (κ2) is 8.32. The Morgan fingerprint density at radius 2 is 1.90 bits per heavy atom. The molecule has 0 N–H and O–H groups in total. The van der Waals surface area contributed by atoms with Crippen LogP contribution >= 0.6 is 11.3 Å². The number of carbonyl (C=O) groups excluding carboxylic acids is 2. The van der Waals surface area contributed by atoms with Gasteiger partial charge in [0.2, 0.25) is 5.78 Å². The lowest BCUT2D eigenvalue weighted by Crippen LogP contribution is -2.10. The summed E-state index contributed by atoms with van der Waals surface area (Å²) in [6.45, 7) is 2.52. The number of allylic oxidation sites excluding steroid dienone is 1. The summed E-state index contributed by atoms with van der Waals surface area (Å²) in [5, 5.41) is 1.91. The van der Waals surface area contributed by atoms with Gasteiger partial charge < -0.3 is 14.2 Å². The van der Waals surface area contributed by atoms with Crippen molar-refractivity contribution in [2.45, 2.75) is 13.3 Å². The van der Waals surface area contributed by atoms with E-state index in [1.54, 1.807) is 24.3 Å². The third kappa shape index (κ3) is 4.38. The number of Topliss-reactive ketones (excluding diaryl/α,β-unsaturated/α-hetero) is 1. The van der Waals surface area contributed by atoms with Crippen molar-refractivity contribution in [3.05, 3.63) is 81.7 Å². The Labute approximate surface area is 172 Å². The number of hydrogen-bond donors (Lipinski definition) is 0. The van der Waals surface area contributed by atoms with E-state index in [0.29, 0.717) is 23.7 Å². The molecule has 0 amide bonds. The second-order valence-corrected chi connectivity index (χ2v) is 7.36. The van der Waals surface area contributed by atoms with Crippen molar-refractivity contribution in [3.63, 3.8) is 0 Å². The fraction of sp³-hybridized carbons (Fsp3) is 0.130. The van der Waals surface area contributed by atoms with Crippen molar-refractivity contribution in [3.8, 4) is 17.2 Å². The standard InChI is InChI=1S/C23H18O5S/c1-2-26-16-7-5-15(6-8-16)12-21-23(25)19-10-9-17(13-20(19)28-21)27-22(24)14-18-4-3-11-29-18/h3-13H,2,14H2,1H3/b21-12-. The molecule has 6 heteroatoms. The van der Waals surface area contributed by atoms with Crippen LogP contribution in [-0.4, -0.2) is 18.4 Å². The molecule has 1 aromatic heterocycles. The molecule has 1 aliphatic rings. The number of ketones is 1. The molecule has 0 unspecified atom stereocenters. The van der Waals surface area contributed by atoms with Crippen LogP contribution in [0.1, 0.15) is 27.7 Å². The van der Waals surface area contributed by atoms with E-state index in [-0.39, 0.29) is 23.9 Å². The molecule has 0 spiro atoms. The first-order chi connectivity index (χ1) is 14.1. The SMILES string of the molecule is CCOc1ccc(/C=C2\Oc3cc(OC(=O)Cc4cccs4)ccc3C2=O)cc1. The van der Waals surface area contributed by atoms with Crippen molar-refractivity contribution in [1.82, 2.24) is 0 Å². The summed E-state index contributed by atoms with van der Waals surface area (Å²) in [6, 6.07) is 16.0. The van der Waals surface area contributed by atoms with Crippen molar-refractivity contribution in [2.75, 3.05) is 6.61 Å². The molecule has 2 aromatic carbocycles. The van der Waals surface area contributed by atoms with Gasteiger partial charge in [-0.1, -0.05) is 18.2 Å². The second-order valence-electron chi connectivity index (χ2n) is 6.33. The number of hydrogen-bond acceptors (Lipinski definition) is 6. The fourth-order valence-electron chi connectivity index (χ4n) is 2.93. The highest BCUT2D eigenvalue weighted by Crippen LogP contribution is 2.35.